The summed E-state index contributed by atoms with van der Waals surface area (Å²) in [6, 6.07) is 10.4. The molecule has 1 aliphatic carbocycles. The van der Waals surface area contributed by atoms with Gasteiger partial charge < -0.3 is 9.73 Å². The van der Waals surface area contributed by atoms with E-state index >= 15 is 0 Å². The van der Waals surface area contributed by atoms with Crippen molar-refractivity contribution in [1.82, 2.24) is 20.7 Å². The lowest BCUT2D eigenvalue weighted by Gasteiger charge is -2.37. The van der Waals surface area contributed by atoms with Crippen LogP contribution in [0.2, 0.25) is 0 Å². The normalized spacial score (nSPS) is 23.9. The Kier molecular flexibility index (Phi) is 6.61. The second-order valence-electron chi connectivity index (χ2n) is 8.87. The van der Waals surface area contributed by atoms with Crippen molar-refractivity contribution >= 4 is 38.3 Å². The Morgan fingerprint density at radius 2 is 2.06 bits per heavy atom. The number of aromatic nitrogens is 1. The average molecular weight is 503 g/mol. The molecule has 1 saturated carbocycles. The van der Waals surface area contributed by atoms with E-state index in [1.165, 1.54) is 0 Å². The van der Waals surface area contributed by atoms with Gasteiger partial charge in [0.05, 0.1) is 21.7 Å². The molecule has 5 rings (SSSR count). The summed E-state index contributed by atoms with van der Waals surface area (Å²) >= 11 is 6.60. The van der Waals surface area contributed by atoms with Gasteiger partial charge in [-0.05, 0) is 55.5 Å². The average Bonchev–Trinajstić information content (AvgIpc) is 3.53. The highest BCUT2D eigenvalue weighted by molar-refractivity contribution is 7.92. The van der Waals surface area contributed by atoms with E-state index < -0.39 is 20.5 Å². The maximum absolute atomic E-state index is 13.3. The van der Waals surface area contributed by atoms with Crippen molar-refractivity contribution in [2.75, 3.05) is 13.1 Å². The van der Waals surface area contributed by atoms with Gasteiger partial charge in [0.2, 0.25) is 0 Å². The van der Waals surface area contributed by atoms with Crippen LogP contribution >= 0.6 is 11.6 Å². The summed E-state index contributed by atoms with van der Waals surface area (Å²) in [5.74, 6) is -0.141. The Bertz CT molecular complexity index is 1240. The molecule has 3 heterocycles. The number of hydrogen-bond donors (Lipinski definition) is 2. The molecule has 0 radical (unpaired) electrons. The lowest BCUT2D eigenvalue weighted by molar-refractivity contribution is 0.0925. The maximum Gasteiger partial charge on any atom is 0.287 e. The zero-order valence-corrected chi connectivity index (χ0v) is 20.2. The smallest absolute Gasteiger partial charge is 0.287 e. The highest BCUT2D eigenvalue weighted by atomic mass is 35.5. The van der Waals surface area contributed by atoms with E-state index in [9.17, 15) is 13.2 Å². The molecule has 10 heteroatoms. The van der Waals surface area contributed by atoms with Crippen molar-refractivity contribution in [1.29, 1.82) is 0 Å². The van der Waals surface area contributed by atoms with E-state index in [-0.39, 0.29) is 29.1 Å². The van der Waals surface area contributed by atoms with Crippen molar-refractivity contribution in [3.05, 3.63) is 60.1 Å². The number of fused-ring (bicyclic) bond motifs is 1. The first-order valence-electron chi connectivity index (χ1n) is 11.5. The zero-order valence-electron chi connectivity index (χ0n) is 18.6. The van der Waals surface area contributed by atoms with Gasteiger partial charge in [-0.2, -0.15) is 0 Å². The number of nitrogens with zero attached hydrogens (tertiary/aromatic N) is 2. The Balaban J connectivity index is 1.20. The molecule has 2 N–H and O–H groups in total. The molecule has 3 atom stereocenters. The summed E-state index contributed by atoms with van der Waals surface area (Å²) in [6.45, 7) is 2.20. The van der Waals surface area contributed by atoms with E-state index in [4.69, 9.17) is 16.0 Å². The molecule has 1 amide bonds. The van der Waals surface area contributed by atoms with E-state index in [0.717, 1.165) is 36.9 Å². The Morgan fingerprint density at radius 1 is 1.24 bits per heavy atom. The first kappa shape index (κ1) is 23.3. The van der Waals surface area contributed by atoms with Gasteiger partial charge in [-0.1, -0.05) is 12.1 Å². The van der Waals surface area contributed by atoms with Crippen molar-refractivity contribution in [3.63, 3.8) is 0 Å². The minimum atomic E-state index is -3.54. The zero-order chi connectivity index (χ0) is 23.7. The van der Waals surface area contributed by atoms with Gasteiger partial charge in [-0.25, -0.2) is 13.4 Å². The van der Waals surface area contributed by atoms with Crippen molar-refractivity contribution < 1.29 is 17.6 Å². The number of sulfone groups is 1. The van der Waals surface area contributed by atoms with Crippen molar-refractivity contribution in [2.24, 2.45) is 0 Å². The van der Waals surface area contributed by atoms with Crippen molar-refractivity contribution in [2.45, 2.75) is 53.8 Å². The number of halogens is 1. The number of carbonyl (C=O) groups is 1. The molecule has 180 valence electrons. The first-order chi connectivity index (χ1) is 16.4. The fourth-order valence-corrected chi connectivity index (χ4v) is 7.35. The molecule has 2 aliphatic rings. The molecule has 2 fully saturated rings. The van der Waals surface area contributed by atoms with Crippen LogP contribution < -0.4 is 10.7 Å². The molecule has 1 saturated heterocycles. The summed E-state index contributed by atoms with van der Waals surface area (Å²) < 4.78 is 32.1. The number of hydrazine groups is 1. The number of furan rings is 1. The predicted molar refractivity (Wildman–Crippen MR) is 129 cm³/mol. The fourth-order valence-electron chi connectivity index (χ4n) is 4.80. The summed E-state index contributed by atoms with van der Waals surface area (Å²) in [6.07, 6.45) is 6.31. The number of alkyl halides is 1. The lowest BCUT2D eigenvalue weighted by Crippen LogP contribution is -2.48. The molecular weight excluding hydrogens is 476 g/mol. The summed E-state index contributed by atoms with van der Waals surface area (Å²) in [5, 5.41) is 4.79. The van der Waals surface area contributed by atoms with Gasteiger partial charge in [0.25, 0.3) is 5.91 Å². The first-order valence-corrected chi connectivity index (χ1v) is 13.5. The summed E-state index contributed by atoms with van der Waals surface area (Å²) in [4.78, 5) is 16.7. The maximum atomic E-state index is 13.3. The summed E-state index contributed by atoms with van der Waals surface area (Å²) in [5.41, 5.74) is 4.70. The standard InChI is InChI=1S/C24H27ClN4O4S/c25-20-13-18(29-11-1-9-28-29)4-7-23(20)34(31,32)19-5-2-16(3-6-19)14-27-24(30)21-12-17-8-10-26-15-22(17)33-21/h2-3,5-6,8,10,12,15,18,20,23,28H,1,4,7,9,11,13-14H2,(H,27,30). The Hall–Kier alpha value is -2.46. The highest BCUT2D eigenvalue weighted by Crippen LogP contribution is 2.34. The minimum absolute atomic E-state index is 0.204. The van der Waals surface area contributed by atoms with Crippen LogP contribution in [0.4, 0.5) is 0 Å². The molecular formula is C24H27ClN4O4S. The van der Waals surface area contributed by atoms with Crippen LogP contribution in [-0.4, -0.2) is 54.1 Å². The van der Waals surface area contributed by atoms with Gasteiger partial charge in [0.1, 0.15) is 0 Å². The van der Waals surface area contributed by atoms with Crippen LogP contribution in [0, 0.1) is 0 Å². The lowest BCUT2D eigenvalue weighted by atomic mass is 9.94. The number of carbonyl (C=O) groups excluding carboxylic acids is 1. The molecule has 1 aliphatic heterocycles. The number of benzene rings is 1. The SMILES string of the molecule is O=C(NCc1ccc(S(=O)(=O)C2CCC(N3CCCN3)CC2Cl)cc1)c1cc2ccncc2o1. The molecule has 3 aromatic rings. The van der Waals surface area contributed by atoms with Gasteiger partial charge in [-0.3, -0.25) is 15.2 Å². The predicted octanol–water partition coefficient (Wildman–Crippen LogP) is 3.27. The van der Waals surface area contributed by atoms with Crippen LogP contribution in [0.3, 0.4) is 0 Å². The van der Waals surface area contributed by atoms with Crippen LogP contribution in [0.5, 0.6) is 0 Å². The Morgan fingerprint density at radius 3 is 2.76 bits per heavy atom. The molecule has 8 nitrogen and oxygen atoms in total. The Labute approximate surface area is 203 Å². The molecule has 3 unspecified atom stereocenters. The van der Waals surface area contributed by atoms with Crippen LogP contribution in [0.1, 0.15) is 41.8 Å². The summed E-state index contributed by atoms with van der Waals surface area (Å²) in [7, 11) is -3.54. The molecule has 2 aromatic heterocycles. The van der Waals surface area contributed by atoms with Crippen molar-refractivity contribution in [3.8, 4) is 0 Å². The number of amides is 1. The number of pyridine rings is 1. The van der Waals surface area contributed by atoms with Gasteiger partial charge in [0, 0.05) is 37.3 Å². The third-order valence-electron chi connectivity index (χ3n) is 6.67. The quantitative estimate of drug-likeness (QED) is 0.498. The fraction of sp³-hybridized carbons (Fsp3) is 0.417. The molecule has 0 bridgehead atoms. The molecule has 0 spiro atoms. The second kappa shape index (κ2) is 9.65. The van der Waals surface area contributed by atoms with Gasteiger partial charge in [-0.15, -0.1) is 11.6 Å². The van der Waals surface area contributed by atoms with Crippen LogP contribution in [0.25, 0.3) is 11.0 Å². The van der Waals surface area contributed by atoms with E-state index in [0.29, 0.717) is 18.4 Å². The topological polar surface area (TPSA) is 105 Å². The minimum Gasteiger partial charge on any atom is -0.449 e. The third-order valence-corrected chi connectivity index (χ3v) is 9.59. The van der Waals surface area contributed by atoms with Gasteiger partial charge in [0.15, 0.2) is 21.2 Å². The van der Waals surface area contributed by atoms with E-state index in [2.05, 4.69) is 20.7 Å². The number of nitrogens with one attached hydrogen (secondary N) is 2. The molecule has 34 heavy (non-hydrogen) atoms. The highest BCUT2D eigenvalue weighted by Gasteiger charge is 2.40. The van der Waals surface area contributed by atoms with E-state index in [1.807, 2.05) is 0 Å². The third kappa shape index (κ3) is 4.70. The van der Waals surface area contributed by atoms with Gasteiger partial charge >= 0.3 is 0 Å². The number of rotatable bonds is 6. The van der Waals surface area contributed by atoms with Crippen LogP contribution in [0.15, 0.2) is 58.1 Å². The second-order valence-corrected chi connectivity index (χ2v) is 11.6. The number of hydrogen-bond acceptors (Lipinski definition) is 7. The molecule has 1 aromatic carbocycles. The van der Waals surface area contributed by atoms with E-state index in [1.54, 1.807) is 48.8 Å². The largest absolute Gasteiger partial charge is 0.449 e. The monoisotopic (exact) mass is 502 g/mol. The van der Waals surface area contributed by atoms with Crippen LogP contribution in [-0.2, 0) is 16.4 Å².